The number of hydrogen-bond acceptors (Lipinski definition) is 3. The summed E-state index contributed by atoms with van der Waals surface area (Å²) in [5, 5.41) is 11.4. The van der Waals surface area contributed by atoms with Gasteiger partial charge in [-0.3, -0.25) is 9.59 Å². The number of urea groups is 1. The minimum atomic E-state index is -4.72. The first-order chi connectivity index (χ1) is 12.4. The van der Waals surface area contributed by atoms with Gasteiger partial charge >= 0.3 is 18.2 Å². The lowest BCUT2D eigenvalue weighted by atomic mass is 9.96. The number of likely N-dealkylation sites (tertiary alicyclic amines) is 1. The lowest BCUT2D eigenvalue weighted by Crippen LogP contribution is -2.35. The fourth-order valence-electron chi connectivity index (χ4n) is 2.93. The number of nitrogens with one attached hydrogen (secondary N) is 1. The highest BCUT2D eigenvalue weighted by Gasteiger charge is 2.53. The molecule has 1 fully saturated rings. The number of benzene rings is 1. The number of rotatable bonds is 3. The first kappa shape index (κ1) is 20.5. The van der Waals surface area contributed by atoms with E-state index in [1.807, 2.05) is 0 Å². The molecule has 0 saturated carbocycles. The molecule has 2 atom stereocenters. The molecular formula is C17H20F3N3O4. The van der Waals surface area contributed by atoms with Crippen LogP contribution in [0.3, 0.4) is 0 Å². The van der Waals surface area contributed by atoms with Crippen LogP contribution in [0.2, 0.25) is 0 Å². The van der Waals surface area contributed by atoms with Crippen molar-refractivity contribution in [3.05, 3.63) is 29.3 Å². The Kier molecular flexibility index (Phi) is 5.67. The first-order valence-corrected chi connectivity index (χ1v) is 8.09. The number of carboxylic acids is 1. The summed E-state index contributed by atoms with van der Waals surface area (Å²) in [5.41, 5.74) is 1.25. The summed E-state index contributed by atoms with van der Waals surface area (Å²) in [6, 6.07) is 3.71. The van der Waals surface area contributed by atoms with Gasteiger partial charge in [0.05, 0.1) is 11.8 Å². The maximum Gasteiger partial charge on any atom is 0.394 e. The van der Waals surface area contributed by atoms with Crippen LogP contribution in [0.4, 0.5) is 23.7 Å². The number of carbonyl (C=O) groups excluding carboxylic acids is 2. The van der Waals surface area contributed by atoms with E-state index in [-0.39, 0.29) is 11.6 Å². The number of nitrogens with zero attached hydrogens (tertiary/aromatic N) is 2. The third kappa shape index (κ3) is 4.50. The van der Waals surface area contributed by atoms with Gasteiger partial charge in [-0.1, -0.05) is 6.07 Å². The molecule has 148 valence electrons. The number of anilines is 1. The van der Waals surface area contributed by atoms with E-state index in [1.54, 1.807) is 27.1 Å². The minimum absolute atomic E-state index is 0.234. The normalized spacial score (nSPS) is 19.7. The number of alkyl halides is 3. The highest BCUT2D eigenvalue weighted by molar-refractivity contribution is 5.98. The Bertz CT molecular complexity index is 764. The number of amides is 3. The van der Waals surface area contributed by atoms with Crippen molar-refractivity contribution < 1.29 is 32.7 Å². The Balaban J connectivity index is 2.17. The van der Waals surface area contributed by atoms with Gasteiger partial charge in [-0.2, -0.15) is 13.2 Å². The van der Waals surface area contributed by atoms with Gasteiger partial charge in [-0.15, -0.1) is 0 Å². The molecule has 2 N–H and O–H groups in total. The minimum Gasteiger partial charge on any atom is -0.481 e. The second-order valence-corrected chi connectivity index (χ2v) is 6.66. The van der Waals surface area contributed by atoms with Gasteiger partial charge < -0.3 is 20.2 Å². The zero-order chi connectivity index (χ0) is 20.5. The molecule has 1 aromatic rings. The monoisotopic (exact) mass is 387 g/mol. The zero-order valence-corrected chi connectivity index (χ0v) is 15.0. The summed E-state index contributed by atoms with van der Waals surface area (Å²) < 4.78 is 39.1. The predicted octanol–water partition coefficient (Wildman–Crippen LogP) is 2.42. The Morgan fingerprint density at radius 3 is 2.33 bits per heavy atom. The van der Waals surface area contributed by atoms with Crippen molar-refractivity contribution in [1.82, 2.24) is 9.80 Å². The molecule has 3 amide bonds. The molecule has 10 heteroatoms. The van der Waals surface area contributed by atoms with E-state index in [9.17, 15) is 27.6 Å². The average molecular weight is 387 g/mol. The van der Waals surface area contributed by atoms with E-state index in [0.717, 1.165) is 4.90 Å². The summed E-state index contributed by atoms with van der Waals surface area (Å²) in [6.45, 7) is 0.441. The highest BCUT2D eigenvalue weighted by atomic mass is 19.4. The molecule has 1 aromatic carbocycles. The van der Waals surface area contributed by atoms with E-state index in [1.165, 1.54) is 17.0 Å². The Labute approximate surface area is 153 Å². The summed E-state index contributed by atoms with van der Waals surface area (Å²) in [5.74, 6) is -5.71. The molecule has 0 spiro atoms. The third-order valence-electron chi connectivity index (χ3n) is 4.47. The van der Waals surface area contributed by atoms with Gasteiger partial charge in [-0.25, -0.2) is 4.79 Å². The smallest absolute Gasteiger partial charge is 0.394 e. The molecule has 1 aliphatic heterocycles. The predicted molar refractivity (Wildman–Crippen MR) is 90.5 cm³/mol. The number of carbonyl (C=O) groups is 3. The molecule has 1 heterocycles. The van der Waals surface area contributed by atoms with Crippen LogP contribution >= 0.6 is 0 Å². The molecule has 0 radical (unpaired) electrons. The summed E-state index contributed by atoms with van der Waals surface area (Å²) in [6.07, 6.45) is -4.72. The molecular weight excluding hydrogens is 367 g/mol. The first-order valence-electron chi connectivity index (χ1n) is 8.09. The summed E-state index contributed by atoms with van der Waals surface area (Å²) in [7, 11) is 3.14. The van der Waals surface area contributed by atoms with Crippen LogP contribution in [0.25, 0.3) is 0 Å². The molecule has 2 rings (SSSR count). The van der Waals surface area contributed by atoms with E-state index >= 15 is 0 Å². The molecule has 0 aliphatic carbocycles. The SMILES string of the molecule is Cc1ccc(NC(=O)N2C[C@@H](C(F)(F)F)[C@H](C(=O)O)C2)cc1C(=O)N(C)C. The van der Waals surface area contributed by atoms with Crippen molar-refractivity contribution in [2.45, 2.75) is 13.1 Å². The van der Waals surface area contributed by atoms with E-state index in [2.05, 4.69) is 5.32 Å². The number of carboxylic acid groups (broad SMARTS) is 1. The van der Waals surface area contributed by atoms with Crippen molar-refractivity contribution in [1.29, 1.82) is 0 Å². The fraction of sp³-hybridized carbons (Fsp3) is 0.471. The molecule has 1 aliphatic rings. The zero-order valence-electron chi connectivity index (χ0n) is 15.0. The van der Waals surface area contributed by atoms with Crippen LogP contribution in [-0.2, 0) is 4.79 Å². The molecule has 0 bridgehead atoms. The molecule has 0 unspecified atom stereocenters. The number of aliphatic carboxylic acids is 1. The van der Waals surface area contributed by atoms with Crippen LogP contribution in [-0.4, -0.2) is 66.2 Å². The van der Waals surface area contributed by atoms with Gasteiger partial charge in [0, 0.05) is 38.4 Å². The lowest BCUT2D eigenvalue weighted by molar-refractivity contribution is -0.187. The number of aryl methyl sites for hydroxylation is 1. The quantitative estimate of drug-likeness (QED) is 0.834. The number of hydrogen-bond donors (Lipinski definition) is 2. The van der Waals surface area contributed by atoms with Crippen molar-refractivity contribution in [3.8, 4) is 0 Å². The van der Waals surface area contributed by atoms with Gasteiger partial charge in [0.15, 0.2) is 0 Å². The average Bonchev–Trinajstić information content (AvgIpc) is 3.02. The van der Waals surface area contributed by atoms with E-state index in [0.29, 0.717) is 11.1 Å². The standard InChI is InChI=1S/C17H20F3N3O4/c1-9-4-5-10(6-11(9)14(24)22(2)3)21-16(27)23-7-12(15(25)26)13(8-23)17(18,19)20/h4-6,12-13H,7-8H2,1-3H3,(H,21,27)(H,25,26)/t12-,13-/m1/s1. The van der Waals surface area contributed by atoms with Crippen LogP contribution < -0.4 is 5.32 Å². The second-order valence-electron chi connectivity index (χ2n) is 6.66. The van der Waals surface area contributed by atoms with Crippen molar-refractivity contribution in [2.75, 3.05) is 32.5 Å². The van der Waals surface area contributed by atoms with Gasteiger partial charge in [0.1, 0.15) is 0 Å². The fourth-order valence-corrected chi connectivity index (χ4v) is 2.93. The van der Waals surface area contributed by atoms with Crippen LogP contribution in [0.1, 0.15) is 15.9 Å². The molecule has 1 saturated heterocycles. The van der Waals surface area contributed by atoms with Crippen molar-refractivity contribution in [3.63, 3.8) is 0 Å². The molecule has 27 heavy (non-hydrogen) atoms. The second kappa shape index (κ2) is 7.45. The van der Waals surface area contributed by atoms with Gasteiger partial charge in [0.25, 0.3) is 5.91 Å². The van der Waals surface area contributed by atoms with E-state index < -0.39 is 43.1 Å². The maximum atomic E-state index is 13.0. The number of halogens is 3. The molecule has 0 aromatic heterocycles. The van der Waals surface area contributed by atoms with E-state index in [4.69, 9.17) is 5.11 Å². The Morgan fingerprint density at radius 1 is 1.22 bits per heavy atom. The van der Waals surface area contributed by atoms with Gasteiger partial charge in [-0.05, 0) is 24.6 Å². The summed E-state index contributed by atoms with van der Waals surface area (Å²) in [4.78, 5) is 37.7. The van der Waals surface area contributed by atoms with Crippen LogP contribution in [0, 0.1) is 18.8 Å². The summed E-state index contributed by atoms with van der Waals surface area (Å²) >= 11 is 0. The van der Waals surface area contributed by atoms with Crippen LogP contribution in [0.5, 0.6) is 0 Å². The Morgan fingerprint density at radius 2 is 1.85 bits per heavy atom. The van der Waals surface area contributed by atoms with Crippen LogP contribution in [0.15, 0.2) is 18.2 Å². The maximum absolute atomic E-state index is 13.0. The molecule has 7 nitrogen and oxygen atoms in total. The Hall–Kier alpha value is -2.78. The highest BCUT2D eigenvalue weighted by Crippen LogP contribution is 2.37. The topological polar surface area (TPSA) is 90.0 Å². The van der Waals surface area contributed by atoms with Crippen molar-refractivity contribution in [2.24, 2.45) is 11.8 Å². The van der Waals surface area contributed by atoms with Crippen molar-refractivity contribution >= 4 is 23.6 Å². The lowest BCUT2D eigenvalue weighted by Gasteiger charge is -2.19. The van der Waals surface area contributed by atoms with Gasteiger partial charge in [0.2, 0.25) is 0 Å². The third-order valence-corrected chi connectivity index (χ3v) is 4.47. The largest absolute Gasteiger partial charge is 0.481 e.